The van der Waals surface area contributed by atoms with E-state index < -0.39 is 0 Å². The van der Waals surface area contributed by atoms with Crippen LogP contribution in [0.15, 0.2) is 30.5 Å². The number of anilines is 1. The predicted molar refractivity (Wildman–Crippen MR) is 83.2 cm³/mol. The first-order chi connectivity index (χ1) is 9.72. The molecule has 20 heavy (non-hydrogen) atoms. The van der Waals surface area contributed by atoms with Crippen LogP contribution in [0.25, 0.3) is 10.9 Å². The fraction of sp³-hybridized carbons (Fsp3) is 0.438. The predicted octanol–water partition coefficient (Wildman–Crippen LogP) is 3.85. The molecule has 1 aromatic heterocycles. The molecule has 0 spiro atoms. The van der Waals surface area contributed by atoms with Crippen LogP contribution >= 0.6 is 11.6 Å². The standard InChI is InChI=1S/C16H19ClN2O/c17-12-2-3-13-14(4-8-18-15(13)10-12)19-11-16(7-9-20)5-1-6-16/h2-4,8,10,20H,1,5-7,9,11H2,(H,18,19). The number of fused-ring (bicyclic) bond motifs is 1. The van der Waals surface area contributed by atoms with Crippen molar-refractivity contribution in [2.45, 2.75) is 25.7 Å². The zero-order valence-electron chi connectivity index (χ0n) is 11.4. The summed E-state index contributed by atoms with van der Waals surface area (Å²) in [4.78, 5) is 4.35. The molecular weight excluding hydrogens is 272 g/mol. The number of halogens is 1. The van der Waals surface area contributed by atoms with Crippen molar-refractivity contribution >= 4 is 28.2 Å². The molecule has 0 unspecified atom stereocenters. The molecule has 3 rings (SSSR count). The number of nitrogens with zero attached hydrogens (tertiary/aromatic N) is 1. The fourth-order valence-corrected chi connectivity index (χ4v) is 3.15. The number of aliphatic hydroxyl groups is 1. The number of pyridine rings is 1. The first-order valence-corrected chi connectivity index (χ1v) is 7.49. The Kier molecular flexibility index (Phi) is 3.81. The molecule has 1 aliphatic rings. The number of hydrogen-bond donors (Lipinski definition) is 2. The van der Waals surface area contributed by atoms with Gasteiger partial charge in [0.05, 0.1) is 5.52 Å². The van der Waals surface area contributed by atoms with Gasteiger partial charge in [0, 0.05) is 35.4 Å². The van der Waals surface area contributed by atoms with E-state index in [0.29, 0.717) is 5.02 Å². The van der Waals surface area contributed by atoms with E-state index in [1.54, 1.807) is 6.20 Å². The second-order valence-corrected chi connectivity index (χ2v) is 6.14. The van der Waals surface area contributed by atoms with E-state index in [9.17, 15) is 5.11 Å². The third kappa shape index (κ3) is 2.60. The van der Waals surface area contributed by atoms with Crippen molar-refractivity contribution < 1.29 is 5.11 Å². The molecular formula is C16H19ClN2O. The zero-order valence-corrected chi connectivity index (χ0v) is 12.2. The fourth-order valence-electron chi connectivity index (χ4n) is 2.99. The van der Waals surface area contributed by atoms with Gasteiger partial charge in [0.25, 0.3) is 0 Å². The van der Waals surface area contributed by atoms with Crippen molar-refractivity contribution in [1.29, 1.82) is 0 Å². The summed E-state index contributed by atoms with van der Waals surface area (Å²) in [6.07, 6.45) is 6.37. The van der Waals surface area contributed by atoms with E-state index in [0.717, 1.165) is 29.6 Å². The van der Waals surface area contributed by atoms with Gasteiger partial charge in [-0.15, -0.1) is 0 Å². The van der Waals surface area contributed by atoms with Gasteiger partial charge in [0.15, 0.2) is 0 Å². The van der Waals surface area contributed by atoms with Gasteiger partial charge in [-0.25, -0.2) is 0 Å². The van der Waals surface area contributed by atoms with Crippen molar-refractivity contribution in [3.05, 3.63) is 35.5 Å². The first kappa shape index (κ1) is 13.7. The second-order valence-electron chi connectivity index (χ2n) is 5.70. The third-order valence-electron chi connectivity index (χ3n) is 4.41. The molecule has 1 aliphatic carbocycles. The molecule has 2 N–H and O–H groups in total. The van der Waals surface area contributed by atoms with Gasteiger partial charge >= 0.3 is 0 Å². The Balaban J connectivity index is 1.80. The molecule has 3 nitrogen and oxygen atoms in total. The minimum absolute atomic E-state index is 0.272. The molecule has 0 atom stereocenters. The van der Waals surface area contributed by atoms with E-state index in [4.69, 9.17) is 11.6 Å². The highest BCUT2D eigenvalue weighted by molar-refractivity contribution is 6.31. The van der Waals surface area contributed by atoms with E-state index in [-0.39, 0.29) is 12.0 Å². The summed E-state index contributed by atoms with van der Waals surface area (Å²) in [6.45, 7) is 1.18. The normalized spacial score (nSPS) is 16.9. The molecule has 1 fully saturated rings. The average Bonchev–Trinajstić information content (AvgIpc) is 2.41. The Morgan fingerprint density at radius 1 is 1.30 bits per heavy atom. The number of rotatable bonds is 5. The number of aromatic nitrogens is 1. The maximum Gasteiger partial charge on any atom is 0.0737 e. The smallest absolute Gasteiger partial charge is 0.0737 e. The SMILES string of the molecule is OCCC1(CNc2ccnc3cc(Cl)ccc23)CCC1. The van der Waals surface area contributed by atoms with E-state index in [1.165, 1.54) is 19.3 Å². The lowest BCUT2D eigenvalue weighted by Crippen LogP contribution is -2.37. The summed E-state index contributed by atoms with van der Waals surface area (Å²) in [5.41, 5.74) is 2.28. The van der Waals surface area contributed by atoms with Crippen LogP contribution in [0.4, 0.5) is 5.69 Å². The molecule has 1 heterocycles. The van der Waals surface area contributed by atoms with Crippen molar-refractivity contribution in [3.63, 3.8) is 0 Å². The second kappa shape index (κ2) is 5.58. The van der Waals surface area contributed by atoms with E-state index >= 15 is 0 Å². The summed E-state index contributed by atoms with van der Waals surface area (Å²) in [6, 6.07) is 7.78. The lowest BCUT2D eigenvalue weighted by Gasteiger charge is -2.42. The first-order valence-electron chi connectivity index (χ1n) is 7.11. The Morgan fingerprint density at radius 2 is 2.15 bits per heavy atom. The molecule has 0 bridgehead atoms. The van der Waals surface area contributed by atoms with Gasteiger partial charge in [-0.2, -0.15) is 0 Å². The van der Waals surface area contributed by atoms with Crippen molar-refractivity contribution in [3.8, 4) is 0 Å². The van der Waals surface area contributed by atoms with Crippen molar-refractivity contribution in [2.75, 3.05) is 18.5 Å². The molecule has 1 aromatic carbocycles. The van der Waals surface area contributed by atoms with Crippen LogP contribution in [-0.2, 0) is 0 Å². The van der Waals surface area contributed by atoms with Crippen LogP contribution in [0.5, 0.6) is 0 Å². The summed E-state index contributed by atoms with van der Waals surface area (Å²) >= 11 is 6.01. The Hall–Kier alpha value is -1.32. The number of aliphatic hydroxyl groups excluding tert-OH is 1. The maximum absolute atomic E-state index is 9.21. The summed E-state index contributed by atoms with van der Waals surface area (Å²) in [7, 11) is 0. The molecule has 4 heteroatoms. The van der Waals surface area contributed by atoms with Crippen LogP contribution in [0.1, 0.15) is 25.7 Å². The lowest BCUT2D eigenvalue weighted by molar-refractivity contribution is 0.102. The Labute approximate surface area is 124 Å². The van der Waals surface area contributed by atoms with Crippen LogP contribution in [0.2, 0.25) is 5.02 Å². The molecule has 0 aliphatic heterocycles. The average molecular weight is 291 g/mol. The van der Waals surface area contributed by atoms with Gasteiger partial charge in [-0.1, -0.05) is 18.0 Å². The third-order valence-corrected chi connectivity index (χ3v) is 4.65. The Bertz CT molecular complexity index is 610. The molecule has 0 radical (unpaired) electrons. The monoisotopic (exact) mass is 290 g/mol. The lowest BCUT2D eigenvalue weighted by atomic mass is 9.67. The molecule has 2 aromatic rings. The van der Waals surface area contributed by atoms with E-state index in [2.05, 4.69) is 10.3 Å². The van der Waals surface area contributed by atoms with Crippen molar-refractivity contribution in [2.24, 2.45) is 5.41 Å². The van der Waals surface area contributed by atoms with Crippen LogP contribution in [0, 0.1) is 5.41 Å². The van der Waals surface area contributed by atoms with Gasteiger partial charge in [-0.05, 0) is 48.9 Å². The maximum atomic E-state index is 9.21. The minimum atomic E-state index is 0.272. The summed E-state index contributed by atoms with van der Waals surface area (Å²) < 4.78 is 0. The van der Waals surface area contributed by atoms with Crippen LogP contribution in [-0.4, -0.2) is 23.2 Å². The number of hydrogen-bond acceptors (Lipinski definition) is 3. The minimum Gasteiger partial charge on any atom is -0.396 e. The largest absolute Gasteiger partial charge is 0.396 e. The molecule has 0 amide bonds. The summed E-state index contributed by atoms with van der Waals surface area (Å²) in [5.74, 6) is 0. The topological polar surface area (TPSA) is 45.1 Å². The van der Waals surface area contributed by atoms with Gasteiger partial charge in [0.1, 0.15) is 0 Å². The molecule has 106 valence electrons. The van der Waals surface area contributed by atoms with Gasteiger partial charge < -0.3 is 10.4 Å². The van der Waals surface area contributed by atoms with Crippen LogP contribution < -0.4 is 5.32 Å². The summed E-state index contributed by atoms with van der Waals surface area (Å²) in [5, 5.41) is 14.6. The Morgan fingerprint density at radius 3 is 2.85 bits per heavy atom. The number of benzene rings is 1. The molecule has 1 saturated carbocycles. The van der Waals surface area contributed by atoms with Gasteiger partial charge in [-0.3, -0.25) is 4.98 Å². The van der Waals surface area contributed by atoms with Crippen molar-refractivity contribution in [1.82, 2.24) is 4.98 Å². The quantitative estimate of drug-likeness (QED) is 0.879. The van der Waals surface area contributed by atoms with Gasteiger partial charge in [0.2, 0.25) is 0 Å². The van der Waals surface area contributed by atoms with E-state index in [1.807, 2.05) is 24.3 Å². The highest BCUT2D eigenvalue weighted by Gasteiger charge is 2.36. The molecule has 0 saturated heterocycles. The highest BCUT2D eigenvalue weighted by atomic mass is 35.5. The highest BCUT2D eigenvalue weighted by Crippen LogP contribution is 2.44. The zero-order chi connectivity index (χ0) is 14.0. The number of nitrogens with one attached hydrogen (secondary N) is 1. The van der Waals surface area contributed by atoms with Crippen LogP contribution in [0.3, 0.4) is 0 Å².